The van der Waals surface area contributed by atoms with E-state index >= 15 is 0 Å². The van der Waals surface area contributed by atoms with Gasteiger partial charge in [0.05, 0.1) is 47.0 Å². The largest absolute Gasteiger partial charge is 0.458 e. The number of Topliss-reactive ketones (excluding diaryl/α,β-unsaturated/α-hetero) is 1. The first kappa shape index (κ1) is 26.9. The van der Waals surface area contributed by atoms with E-state index < -0.39 is 35.6 Å². The summed E-state index contributed by atoms with van der Waals surface area (Å²) in [6, 6.07) is -0.304. The maximum Gasteiger partial charge on any atom is 0.309 e. The van der Waals surface area contributed by atoms with E-state index in [1.54, 1.807) is 32.1 Å². The van der Waals surface area contributed by atoms with Crippen LogP contribution in [0.4, 0.5) is 0 Å². The third-order valence-corrected chi connectivity index (χ3v) is 7.88. The van der Waals surface area contributed by atoms with Crippen molar-refractivity contribution in [3.8, 4) is 0 Å². The van der Waals surface area contributed by atoms with Crippen molar-refractivity contribution in [2.45, 2.75) is 97.4 Å². The number of aliphatic hydroxyl groups is 2. The average molecular weight is 495 g/mol. The van der Waals surface area contributed by atoms with Gasteiger partial charge < -0.3 is 25.0 Å². The van der Waals surface area contributed by atoms with Crippen LogP contribution in [0, 0.1) is 18.3 Å². The van der Waals surface area contributed by atoms with Gasteiger partial charge in [0.2, 0.25) is 0 Å². The van der Waals surface area contributed by atoms with E-state index in [0.717, 1.165) is 22.7 Å². The van der Waals surface area contributed by atoms with E-state index in [1.807, 2.05) is 32.2 Å². The zero-order valence-corrected chi connectivity index (χ0v) is 21.7. The lowest BCUT2D eigenvalue weighted by Gasteiger charge is -2.34. The number of fused-ring (bicyclic) bond motifs is 1. The van der Waals surface area contributed by atoms with Crippen LogP contribution in [-0.4, -0.2) is 70.1 Å². The topological polar surface area (TPSA) is 121 Å². The molecule has 0 unspecified atom stereocenters. The fourth-order valence-corrected chi connectivity index (χ4v) is 5.05. The highest BCUT2D eigenvalue weighted by molar-refractivity contribution is 7.09. The van der Waals surface area contributed by atoms with Gasteiger partial charge in [0.1, 0.15) is 11.9 Å². The van der Waals surface area contributed by atoms with E-state index in [2.05, 4.69) is 10.3 Å². The van der Waals surface area contributed by atoms with Crippen molar-refractivity contribution < 1.29 is 29.3 Å². The third kappa shape index (κ3) is 6.51. The summed E-state index contributed by atoms with van der Waals surface area (Å²) in [4.78, 5) is 30.4. The molecule has 0 aliphatic carbocycles. The molecule has 0 radical (unpaired) electrons. The minimum Gasteiger partial charge on any atom is -0.458 e. The van der Waals surface area contributed by atoms with Crippen LogP contribution in [0.15, 0.2) is 11.0 Å². The quantitative estimate of drug-likeness (QED) is 0.424. The molecule has 2 aliphatic rings. The predicted molar refractivity (Wildman–Crippen MR) is 130 cm³/mol. The third-order valence-electron chi connectivity index (χ3n) is 7.09. The summed E-state index contributed by atoms with van der Waals surface area (Å²) in [6.07, 6.45) is 0.195. The Morgan fingerprint density at radius 2 is 1.97 bits per heavy atom. The van der Waals surface area contributed by atoms with E-state index in [9.17, 15) is 19.8 Å². The number of thiazole rings is 1. The number of carbonyl (C=O) groups is 2. The number of esters is 1. The zero-order valence-electron chi connectivity index (χ0n) is 20.9. The molecule has 0 bridgehead atoms. The standard InChI is InChI=1S/C25H38N2O6S/c1-13(9-17-12-34-16(4)27-17)19-10-20-18(32-20)7-8-26-15(3)23(30)14(2)24(31)25(5,6)21(28)11-22(29)33-19/h9,12,14-15,18-21,23,26,28,30H,7-8,10-11H2,1-6H3/b13-9+/t14-,15-,18-,19+,20+,21+,23+/m1/s1. The number of aryl methyl sites for hydroxylation is 1. The number of nitrogens with zero attached hydrogens (tertiary/aromatic N) is 1. The lowest BCUT2D eigenvalue weighted by Crippen LogP contribution is -2.49. The summed E-state index contributed by atoms with van der Waals surface area (Å²) < 4.78 is 11.6. The molecular weight excluding hydrogens is 456 g/mol. The fourth-order valence-electron chi connectivity index (χ4n) is 4.48. The SMILES string of the molecule is C/C(=C\c1csc(C)n1)[C@@H]1C[C@@H]2O[C@@H]2CCN[C@H](C)[C@@H](O)[C@@H](C)C(=O)C(C)(C)[C@@H](O)CC(=O)O1. The van der Waals surface area contributed by atoms with Crippen LogP contribution in [0.2, 0.25) is 0 Å². The second-order valence-corrected chi connectivity index (χ2v) is 11.3. The van der Waals surface area contributed by atoms with Crippen molar-refractivity contribution >= 4 is 29.2 Å². The molecule has 2 fully saturated rings. The minimum atomic E-state index is -1.24. The van der Waals surface area contributed by atoms with Crippen molar-refractivity contribution in [2.75, 3.05) is 6.54 Å². The maximum atomic E-state index is 13.1. The van der Waals surface area contributed by atoms with Crippen LogP contribution in [0.3, 0.4) is 0 Å². The number of aliphatic hydroxyl groups excluding tert-OH is 2. The highest BCUT2D eigenvalue weighted by Crippen LogP contribution is 2.34. The molecule has 0 amide bonds. The normalized spacial score (nSPS) is 36.0. The highest BCUT2D eigenvalue weighted by atomic mass is 32.1. The Labute approximate surface area is 205 Å². The average Bonchev–Trinajstić information content (AvgIpc) is 3.38. The summed E-state index contributed by atoms with van der Waals surface area (Å²) in [7, 11) is 0. The highest BCUT2D eigenvalue weighted by Gasteiger charge is 2.44. The molecule has 3 N–H and O–H groups in total. The number of carbonyl (C=O) groups excluding carboxylic acids is 2. The molecule has 190 valence electrons. The predicted octanol–water partition coefficient (Wildman–Crippen LogP) is 2.65. The van der Waals surface area contributed by atoms with E-state index in [1.165, 1.54) is 0 Å². The van der Waals surface area contributed by atoms with Crippen LogP contribution in [-0.2, 0) is 19.1 Å². The molecule has 1 aromatic rings. The smallest absolute Gasteiger partial charge is 0.309 e. The van der Waals surface area contributed by atoms with Gasteiger partial charge >= 0.3 is 5.97 Å². The first-order valence-electron chi connectivity index (χ1n) is 12.0. The van der Waals surface area contributed by atoms with E-state index in [4.69, 9.17) is 9.47 Å². The molecule has 7 atom stereocenters. The Morgan fingerprint density at radius 1 is 1.26 bits per heavy atom. The summed E-state index contributed by atoms with van der Waals surface area (Å²) >= 11 is 1.55. The maximum absolute atomic E-state index is 13.1. The van der Waals surface area contributed by atoms with Gasteiger partial charge in [-0.1, -0.05) is 20.8 Å². The van der Waals surface area contributed by atoms with Crippen molar-refractivity contribution in [3.05, 3.63) is 21.7 Å². The Morgan fingerprint density at radius 3 is 2.62 bits per heavy atom. The number of ether oxygens (including phenoxy) is 2. The van der Waals surface area contributed by atoms with Crippen LogP contribution >= 0.6 is 11.3 Å². The molecular formula is C25H38N2O6S. The molecule has 0 spiro atoms. The van der Waals surface area contributed by atoms with Gasteiger partial charge in [-0.05, 0) is 45.4 Å². The van der Waals surface area contributed by atoms with Gasteiger partial charge in [-0.25, -0.2) is 4.98 Å². The van der Waals surface area contributed by atoms with Crippen LogP contribution in [0.25, 0.3) is 6.08 Å². The summed E-state index contributed by atoms with van der Waals surface area (Å²) in [6.45, 7) is 11.2. The zero-order chi connectivity index (χ0) is 25.2. The minimum absolute atomic E-state index is 0.0323. The summed E-state index contributed by atoms with van der Waals surface area (Å²) in [5.41, 5.74) is 0.440. The van der Waals surface area contributed by atoms with Crippen molar-refractivity contribution in [3.63, 3.8) is 0 Å². The summed E-state index contributed by atoms with van der Waals surface area (Å²) in [5.74, 6) is -1.58. The van der Waals surface area contributed by atoms with Gasteiger partial charge in [-0.15, -0.1) is 11.3 Å². The lowest BCUT2D eigenvalue weighted by atomic mass is 9.74. The van der Waals surface area contributed by atoms with Gasteiger partial charge in [-0.3, -0.25) is 9.59 Å². The first-order valence-corrected chi connectivity index (χ1v) is 12.9. The van der Waals surface area contributed by atoms with Gasteiger partial charge in [0.25, 0.3) is 0 Å². The number of hydrogen-bond donors (Lipinski definition) is 3. The number of cyclic esters (lactones) is 1. The van der Waals surface area contributed by atoms with Crippen molar-refractivity contribution in [1.82, 2.24) is 10.3 Å². The second-order valence-electron chi connectivity index (χ2n) is 10.2. The van der Waals surface area contributed by atoms with E-state index in [-0.39, 0.29) is 30.5 Å². The lowest BCUT2D eigenvalue weighted by molar-refractivity contribution is -0.154. The Balaban J connectivity index is 1.81. The van der Waals surface area contributed by atoms with Crippen LogP contribution in [0.1, 0.15) is 64.6 Å². The molecule has 34 heavy (non-hydrogen) atoms. The number of rotatable bonds is 2. The fraction of sp³-hybridized carbons (Fsp3) is 0.720. The number of nitrogens with one attached hydrogen (secondary N) is 1. The monoisotopic (exact) mass is 494 g/mol. The molecule has 9 heteroatoms. The van der Waals surface area contributed by atoms with E-state index in [0.29, 0.717) is 13.0 Å². The first-order chi connectivity index (χ1) is 15.9. The molecule has 1 aromatic heterocycles. The van der Waals surface area contributed by atoms with Gasteiger partial charge in [-0.2, -0.15) is 0 Å². The number of aromatic nitrogens is 1. The van der Waals surface area contributed by atoms with Gasteiger partial charge in [0.15, 0.2) is 0 Å². The van der Waals surface area contributed by atoms with Crippen LogP contribution < -0.4 is 5.32 Å². The Kier molecular flexibility index (Phi) is 8.68. The van der Waals surface area contributed by atoms with Crippen LogP contribution in [0.5, 0.6) is 0 Å². The molecule has 3 heterocycles. The van der Waals surface area contributed by atoms with Gasteiger partial charge in [0, 0.05) is 23.8 Å². The molecule has 2 saturated heterocycles. The molecule has 3 rings (SSSR count). The Bertz CT molecular complexity index is 913. The Hall–Kier alpha value is -1.65. The molecule has 8 nitrogen and oxygen atoms in total. The van der Waals surface area contributed by atoms with Crippen molar-refractivity contribution in [1.29, 1.82) is 0 Å². The number of epoxide rings is 1. The summed E-state index contributed by atoms with van der Waals surface area (Å²) in [5, 5.41) is 27.7. The second kappa shape index (κ2) is 11.0. The number of ketones is 1. The molecule has 0 saturated carbocycles. The molecule has 2 aliphatic heterocycles. The van der Waals surface area contributed by atoms with Crippen molar-refractivity contribution in [2.24, 2.45) is 11.3 Å². The molecule has 0 aromatic carbocycles. The number of hydrogen-bond acceptors (Lipinski definition) is 9.